The van der Waals surface area contributed by atoms with Crippen LogP contribution in [0.2, 0.25) is 0 Å². The Balaban J connectivity index is 1.61. The van der Waals surface area contributed by atoms with Crippen LogP contribution in [0.25, 0.3) is 17.0 Å². The van der Waals surface area contributed by atoms with Gasteiger partial charge in [0.15, 0.2) is 0 Å². The van der Waals surface area contributed by atoms with E-state index >= 15 is 0 Å². The molecule has 0 saturated heterocycles. The highest BCUT2D eigenvalue weighted by molar-refractivity contribution is 5.87. The lowest BCUT2D eigenvalue weighted by molar-refractivity contribution is 0.203. The van der Waals surface area contributed by atoms with Crippen molar-refractivity contribution in [2.45, 2.75) is 33.4 Å². The van der Waals surface area contributed by atoms with Crippen LogP contribution in [0.5, 0.6) is 5.75 Å². The molecule has 182 valence electrons. The number of benzene rings is 3. The largest absolute Gasteiger partial charge is 0.497 e. The molecule has 2 heterocycles. The first-order valence-electron chi connectivity index (χ1n) is 11.8. The molecule has 0 saturated carbocycles. The summed E-state index contributed by atoms with van der Waals surface area (Å²) < 4.78 is 11.1. The van der Waals surface area contributed by atoms with Gasteiger partial charge < -0.3 is 14.6 Å². The highest BCUT2D eigenvalue weighted by Gasteiger charge is 2.36. The van der Waals surface area contributed by atoms with E-state index in [9.17, 15) is 4.79 Å². The number of amides is 2. The molecule has 7 heteroatoms. The normalized spacial score (nSPS) is 15.7. The van der Waals surface area contributed by atoms with Crippen molar-refractivity contribution in [2.75, 3.05) is 7.11 Å². The average Bonchev–Trinajstić information content (AvgIpc) is 3.38. The third kappa shape index (κ3) is 4.47. The molecule has 3 aromatic carbocycles. The van der Waals surface area contributed by atoms with Crippen molar-refractivity contribution >= 4 is 11.6 Å². The minimum absolute atomic E-state index is 0.170. The molecule has 1 atom stereocenters. The van der Waals surface area contributed by atoms with E-state index in [-0.39, 0.29) is 6.03 Å². The summed E-state index contributed by atoms with van der Waals surface area (Å²) in [6.45, 7) is 6.49. The van der Waals surface area contributed by atoms with Gasteiger partial charge in [-0.2, -0.15) is 4.98 Å². The number of nitrogens with one attached hydrogen (secondary N) is 1. The molecule has 5 rings (SSSR count). The fourth-order valence-corrected chi connectivity index (χ4v) is 4.42. The molecule has 1 aliphatic rings. The number of allylic oxidation sites excluding steroid dienone is 1. The molecule has 1 unspecified atom stereocenters. The monoisotopic (exact) mass is 480 g/mol. The molecule has 0 bridgehead atoms. The molecule has 2 amide bonds. The quantitative estimate of drug-likeness (QED) is 0.363. The molecule has 7 nitrogen and oxygen atoms in total. The summed E-state index contributed by atoms with van der Waals surface area (Å²) in [4.78, 5) is 19.8. The van der Waals surface area contributed by atoms with E-state index in [4.69, 9.17) is 14.2 Å². The maximum Gasteiger partial charge on any atom is 0.322 e. The van der Waals surface area contributed by atoms with Crippen LogP contribution in [0.15, 0.2) is 83.0 Å². The van der Waals surface area contributed by atoms with E-state index in [0.717, 1.165) is 33.5 Å². The predicted octanol–water partition coefficient (Wildman–Crippen LogP) is 6.06. The zero-order valence-corrected chi connectivity index (χ0v) is 20.8. The van der Waals surface area contributed by atoms with Crippen molar-refractivity contribution in [3.63, 3.8) is 0 Å². The van der Waals surface area contributed by atoms with E-state index in [1.165, 1.54) is 5.56 Å². The first-order valence-corrected chi connectivity index (χ1v) is 11.8. The SMILES string of the molecule is COc1cccc(-c2noc(C3=C(C)N(Cc4ccccc4)C(=O)NC3c3ccc(C)c(C)c3)n2)c1. The lowest BCUT2D eigenvalue weighted by atomic mass is 9.92. The summed E-state index contributed by atoms with van der Waals surface area (Å²) in [5, 5.41) is 7.43. The van der Waals surface area contributed by atoms with E-state index in [0.29, 0.717) is 24.0 Å². The van der Waals surface area contributed by atoms with Gasteiger partial charge in [0.05, 0.1) is 25.3 Å². The van der Waals surface area contributed by atoms with Crippen LogP contribution in [0, 0.1) is 13.8 Å². The number of nitrogens with zero attached hydrogens (tertiary/aromatic N) is 3. The summed E-state index contributed by atoms with van der Waals surface area (Å²) in [7, 11) is 1.62. The van der Waals surface area contributed by atoms with Crippen LogP contribution >= 0.6 is 0 Å². The van der Waals surface area contributed by atoms with Crippen LogP contribution in [0.3, 0.4) is 0 Å². The highest BCUT2D eigenvalue weighted by atomic mass is 16.5. The second-order valence-electron chi connectivity index (χ2n) is 8.95. The zero-order valence-electron chi connectivity index (χ0n) is 20.8. The number of hydrogen-bond acceptors (Lipinski definition) is 5. The summed E-state index contributed by atoms with van der Waals surface area (Å²) >= 11 is 0. The molecule has 1 aromatic heterocycles. The molecular formula is C29H28N4O3. The number of hydrogen-bond donors (Lipinski definition) is 1. The number of carbonyl (C=O) groups is 1. The van der Waals surface area contributed by atoms with Gasteiger partial charge in [0.25, 0.3) is 5.89 Å². The summed E-state index contributed by atoms with van der Waals surface area (Å²) in [5.41, 5.74) is 6.65. The van der Waals surface area contributed by atoms with Gasteiger partial charge in [0, 0.05) is 11.3 Å². The van der Waals surface area contributed by atoms with Gasteiger partial charge in [-0.05, 0) is 55.2 Å². The molecule has 0 fully saturated rings. The van der Waals surface area contributed by atoms with E-state index in [2.05, 4.69) is 36.5 Å². The Kier molecular flexibility index (Phi) is 6.29. The van der Waals surface area contributed by atoms with Crippen LogP contribution < -0.4 is 10.1 Å². The minimum Gasteiger partial charge on any atom is -0.497 e. The van der Waals surface area contributed by atoms with Crippen LogP contribution in [0.1, 0.15) is 41.1 Å². The number of aryl methyl sites for hydroxylation is 2. The van der Waals surface area contributed by atoms with Crippen LogP contribution in [-0.2, 0) is 6.54 Å². The Morgan fingerprint density at radius 2 is 1.78 bits per heavy atom. The summed E-state index contributed by atoms with van der Waals surface area (Å²) in [6, 6.07) is 23.0. The fraction of sp³-hybridized carbons (Fsp3) is 0.207. The number of urea groups is 1. The Morgan fingerprint density at radius 3 is 2.53 bits per heavy atom. The maximum atomic E-state index is 13.3. The van der Waals surface area contributed by atoms with Crippen molar-refractivity contribution in [1.82, 2.24) is 20.4 Å². The lowest BCUT2D eigenvalue weighted by Gasteiger charge is -2.35. The first-order chi connectivity index (χ1) is 17.4. The zero-order chi connectivity index (χ0) is 25.2. The fourth-order valence-electron chi connectivity index (χ4n) is 4.42. The van der Waals surface area contributed by atoms with Gasteiger partial charge >= 0.3 is 6.03 Å². The number of aromatic nitrogens is 2. The first kappa shape index (κ1) is 23.4. The number of ether oxygens (including phenoxy) is 1. The molecule has 36 heavy (non-hydrogen) atoms. The Morgan fingerprint density at radius 1 is 0.972 bits per heavy atom. The number of methoxy groups -OCH3 is 1. The molecule has 1 aliphatic heterocycles. The van der Waals surface area contributed by atoms with Gasteiger partial charge in [-0.15, -0.1) is 0 Å². The van der Waals surface area contributed by atoms with E-state index < -0.39 is 6.04 Å². The van der Waals surface area contributed by atoms with Crippen LogP contribution in [-0.4, -0.2) is 28.2 Å². The molecule has 0 spiro atoms. The average molecular weight is 481 g/mol. The highest BCUT2D eigenvalue weighted by Crippen LogP contribution is 2.38. The molecule has 1 N–H and O–H groups in total. The van der Waals surface area contributed by atoms with E-state index in [1.54, 1.807) is 12.0 Å². The molecule has 4 aromatic rings. The van der Waals surface area contributed by atoms with Gasteiger partial charge in [-0.1, -0.05) is 65.8 Å². The lowest BCUT2D eigenvalue weighted by Crippen LogP contribution is -2.45. The van der Waals surface area contributed by atoms with Crippen LogP contribution in [0.4, 0.5) is 4.79 Å². The van der Waals surface area contributed by atoms with Crippen molar-refractivity contribution in [2.24, 2.45) is 0 Å². The van der Waals surface area contributed by atoms with Gasteiger partial charge in [0.2, 0.25) is 5.82 Å². The Bertz CT molecular complexity index is 1440. The molecule has 0 radical (unpaired) electrons. The second-order valence-corrected chi connectivity index (χ2v) is 8.95. The van der Waals surface area contributed by atoms with Crippen molar-refractivity contribution < 1.29 is 14.1 Å². The van der Waals surface area contributed by atoms with Crippen molar-refractivity contribution in [3.05, 3.63) is 107 Å². The third-order valence-corrected chi connectivity index (χ3v) is 6.63. The summed E-state index contributed by atoms with van der Waals surface area (Å²) in [6.07, 6.45) is 0. The van der Waals surface area contributed by atoms with Gasteiger partial charge in [-0.25, -0.2) is 4.79 Å². The Labute approximate surface area is 210 Å². The summed E-state index contributed by atoms with van der Waals surface area (Å²) in [5.74, 6) is 1.53. The maximum absolute atomic E-state index is 13.3. The predicted molar refractivity (Wildman–Crippen MR) is 138 cm³/mol. The minimum atomic E-state index is -0.428. The Hall–Kier alpha value is -4.39. The van der Waals surface area contributed by atoms with Crippen molar-refractivity contribution in [3.8, 4) is 17.1 Å². The molecular weight excluding hydrogens is 452 g/mol. The van der Waals surface area contributed by atoms with Gasteiger partial charge in [-0.3, -0.25) is 4.90 Å². The third-order valence-electron chi connectivity index (χ3n) is 6.63. The number of rotatable bonds is 6. The van der Waals surface area contributed by atoms with E-state index in [1.807, 2.05) is 67.6 Å². The molecule has 0 aliphatic carbocycles. The van der Waals surface area contributed by atoms with Gasteiger partial charge in [0.1, 0.15) is 5.75 Å². The van der Waals surface area contributed by atoms with Crippen molar-refractivity contribution in [1.29, 1.82) is 0 Å². The standard InChI is InChI=1S/C29H28N4O3/c1-18-13-14-22(15-19(18)2)26-25(20(3)33(29(34)30-26)17-21-9-6-5-7-10-21)28-31-27(32-36-28)23-11-8-12-24(16-23)35-4/h5-16,26H,17H2,1-4H3,(H,30,34). The smallest absolute Gasteiger partial charge is 0.322 e. The second kappa shape index (κ2) is 9.70. The number of carbonyl (C=O) groups excluding carboxylic acids is 1. The topological polar surface area (TPSA) is 80.5 Å².